The molecule has 1 atom stereocenters. The van der Waals surface area contributed by atoms with Crippen molar-refractivity contribution in [1.29, 1.82) is 0 Å². The molecule has 382 valence electrons. The fraction of sp³-hybridized carbons (Fsp3) is 0.392. The molecule has 0 bridgehead atoms. The lowest BCUT2D eigenvalue weighted by molar-refractivity contribution is -0.126. The third kappa shape index (κ3) is 14.3. The van der Waals surface area contributed by atoms with E-state index in [1.165, 1.54) is 0 Å². The number of hydrogen-bond acceptors (Lipinski definition) is 12. The van der Waals surface area contributed by atoms with E-state index in [1.54, 1.807) is 52.3 Å². The van der Waals surface area contributed by atoms with Crippen LogP contribution in [0.4, 0.5) is 25.8 Å². The minimum absolute atomic E-state index is 0.0436. The van der Waals surface area contributed by atoms with Crippen LogP contribution in [-0.4, -0.2) is 142 Å². The maximum absolute atomic E-state index is 14.1. The summed E-state index contributed by atoms with van der Waals surface area (Å²) >= 11 is 0. The van der Waals surface area contributed by atoms with E-state index < -0.39 is 36.1 Å². The highest BCUT2D eigenvalue weighted by atomic mass is 16.6. The van der Waals surface area contributed by atoms with Crippen LogP contribution in [0.2, 0.25) is 0 Å². The van der Waals surface area contributed by atoms with E-state index in [1.807, 2.05) is 50.4 Å². The number of urea groups is 1. The zero-order valence-electron chi connectivity index (χ0n) is 40.6. The second-order valence-electron chi connectivity index (χ2n) is 17.6. The minimum Gasteiger partial charge on any atom is -0.492 e. The summed E-state index contributed by atoms with van der Waals surface area (Å²) in [5, 5.41) is 18.9. The molecule has 0 unspecified atom stereocenters. The lowest BCUT2D eigenvalue weighted by Crippen LogP contribution is -2.48. The summed E-state index contributed by atoms with van der Waals surface area (Å²) in [6, 6.07) is 21.8. The maximum atomic E-state index is 14.1. The lowest BCUT2D eigenvalue weighted by atomic mass is 10.0. The van der Waals surface area contributed by atoms with Crippen LogP contribution in [0.1, 0.15) is 54.2 Å². The highest BCUT2D eigenvalue weighted by Gasteiger charge is 2.31. The number of amides is 8. The maximum Gasteiger partial charge on any atom is 0.415 e. The number of aromatic amines is 1. The largest absolute Gasteiger partial charge is 0.492 e. The molecule has 9 N–H and O–H groups in total. The Kier molecular flexibility index (Phi) is 18.2. The number of carbonyl (C=O) groups excluding carboxylic acids is 7. The Morgan fingerprint density at radius 2 is 1.58 bits per heavy atom. The van der Waals surface area contributed by atoms with Crippen molar-refractivity contribution in [2.75, 3.05) is 89.3 Å². The number of carbonyl (C=O) groups is 7. The quantitative estimate of drug-likeness (QED) is 0.0458. The monoisotopic (exact) mass is 989 g/mol. The molecule has 2 aliphatic heterocycles. The average molecular weight is 990 g/mol. The van der Waals surface area contributed by atoms with E-state index in [2.05, 4.69) is 41.8 Å². The molecule has 4 aromatic carbocycles. The number of primary amides is 1. The molecule has 2 aliphatic rings. The van der Waals surface area contributed by atoms with Gasteiger partial charge >= 0.3 is 18.2 Å². The van der Waals surface area contributed by atoms with Crippen LogP contribution in [0.5, 0.6) is 11.5 Å². The standard InChI is InChI=1S/C51H63N11O10/c1-3-7-45(63)54-20-19-53-31-46(64)59-41(10-6-18-55-49(52)67)47(65)57-35-13-11-33(12-14-35)32-71-50(68)56-21-27-70-36-15-16-40-34(28-36)29-42(58-40)48(66)62-22-17-38-37-8-4-5-9-39(37)44(30-43(38)62)72-51(69)61-25-23-60(2)24-26-61/h4-5,8-9,11-16,28-30,41,53,58H,3,6-7,10,17-27,31-32H2,1-2H3,(H,54,63)(H,56,68)(H,57,65)(H,59,64)(H3,52,55,67)/t41-/m0/s1. The van der Waals surface area contributed by atoms with Crippen molar-refractivity contribution >= 4 is 74.9 Å². The summed E-state index contributed by atoms with van der Waals surface area (Å²) in [6.07, 6.45) is 1.34. The third-order valence-corrected chi connectivity index (χ3v) is 12.2. The first-order chi connectivity index (χ1) is 34.8. The Hall–Kier alpha value is -7.91. The van der Waals surface area contributed by atoms with E-state index in [-0.39, 0.29) is 51.1 Å². The van der Waals surface area contributed by atoms with Gasteiger partial charge in [0.15, 0.2) is 0 Å². The van der Waals surface area contributed by atoms with Gasteiger partial charge in [-0.3, -0.25) is 19.2 Å². The molecule has 21 nitrogen and oxygen atoms in total. The van der Waals surface area contributed by atoms with Gasteiger partial charge in [-0.1, -0.05) is 43.3 Å². The highest BCUT2D eigenvalue weighted by Crippen LogP contribution is 2.41. The number of fused-ring (bicyclic) bond motifs is 4. The number of hydrogen-bond donors (Lipinski definition) is 8. The van der Waals surface area contributed by atoms with Gasteiger partial charge < -0.3 is 71.5 Å². The van der Waals surface area contributed by atoms with Crippen LogP contribution in [0.3, 0.4) is 0 Å². The fourth-order valence-corrected chi connectivity index (χ4v) is 8.42. The Morgan fingerprint density at radius 1 is 0.806 bits per heavy atom. The van der Waals surface area contributed by atoms with E-state index in [0.717, 1.165) is 46.7 Å². The van der Waals surface area contributed by atoms with Crippen LogP contribution >= 0.6 is 0 Å². The highest BCUT2D eigenvalue weighted by molar-refractivity contribution is 6.11. The van der Waals surface area contributed by atoms with Gasteiger partial charge in [0.2, 0.25) is 17.7 Å². The number of aromatic nitrogens is 1. The number of likely N-dealkylation sites (N-methyl/N-ethyl adjacent to an activating group) is 1. The Morgan fingerprint density at radius 3 is 2.35 bits per heavy atom. The summed E-state index contributed by atoms with van der Waals surface area (Å²) in [4.78, 5) is 97.4. The van der Waals surface area contributed by atoms with Crippen molar-refractivity contribution < 1.29 is 47.8 Å². The van der Waals surface area contributed by atoms with Crippen LogP contribution in [0.15, 0.2) is 78.9 Å². The normalized spacial score (nSPS) is 13.8. The van der Waals surface area contributed by atoms with Crippen LogP contribution in [0.25, 0.3) is 21.7 Å². The third-order valence-electron chi connectivity index (χ3n) is 12.2. The number of benzene rings is 4. The molecule has 1 saturated heterocycles. The van der Waals surface area contributed by atoms with E-state index >= 15 is 0 Å². The number of H-pyrrole nitrogens is 1. The zero-order chi connectivity index (χ0) is 51.0. The summed E-state index contributed by atoms with van der Waals surface area (Å²) in [5.41, 5.74) is 9.13. The number of ether oxygens (including phenoxy) is 3. The van der Waals surface area contributed by atoms with Crippen molar-refractivity contribution in [3.8, 4) is 11.5 Å². The van der Waals surface area contributed by atoms with Crippen molar-refractivity contribution in [2.45, 2.75) is 51.7 Å². The molecule has 0 saturated carbocycles. The van der Waals surface area contributed by atoms with Crippen molar-refractivity contribution in [3.63, 3.8) is 0 Å². The van der Waals surface area contributed by atoms with Crippen LogP contribution in [0, 0.1) is 0 Å². The molecular formula is C51H63N11O10. The fourth-order valence-electron chi connectivity index (χ4n) is 8.42. The van der Waals surface area contributed by atoms with Gasteiger partial charge in [0.1, 0.15) is 36.4 Å². The van der Waals surface area contributed by atoms with Gasteiger partial charge in [-0.15, -0.1) is 0 Å². The van der Waals surface area contributed by atoms with Crippen molar-refractivity contribution in [2.24, 2.45) is 5.73 Å². The molecule has 3 heterocycles. The van der Waals surface area contributed by atoms with Crippen molar-refractivity contribution in [1.82, 2.24) is 41.4 Å². The number of nitrogens with one attached hydrogen (secondary N) is 7. The predicted molar refractivity (Wildman–Crippen MR) is 271 cm³/mol. The smallest absolute Gasteiger partial charge is 0.415 e. The number of nitrogens with zero attached hydrogens (tertiary/aromatic N) is 3. The summed E-state index contributed by atoms with van der Waals surface area (Å²) < 4.78 is 17.3. The van der Waals surface area contributed by atoms with E-state index in [0.29, 0.717) is 86.1 Å². The Bertz CT molecular complexity index is 2740. The molecule has 21 heteroatoms. The second kappa shape index (κ2) is 25.3. The lowest BCUT2D eigenvalue weighted by Gasteiger charge is -2.31. The summed E-state index contributed by atoms with van der Waals surface area (Å²) in [7, 11) is 2.02. The summed E-state index contributed by atoms with van der Waals surface area (Å²) in [5.74, 6) is -0.211. The minimum atomic E-state index is -0.917. The molecular weight excluding hydrogens is 927 g/mol. The topological polar surface area (TPSA) is 271 Å². The van der Waals surface area contributed by atoms with Crippen molar-refractivity contribution in [3.05, 3.63) is 95.7 Å². The molecule has 0 spiro atoms. The number of anilines is 2. The van der Waals surface area contributed by atoms with E-state index in [4.69, 9.17) is 19.9 Å². The predicted octanol–water partition coefficient (Wildman–Crippen LogP) is 3.95. The molecule has 0 radical (unpaired) electrons. The van der Waals surface area contributed by atoms with Crippen LogP contribution in [-0.2, 0) is 32.1 Å². The molecule has 1 fully saturated rings. The number of nitrogens with two attached hydrogens (primary N) is 1. The van der Waals surface area contributed by atoms with E-state index in [9.17, 15) is 33.6 Å². The van der Waals surface area contributed by atoms with Gasteiger partial charge in [-0.2, -0.15) is 0 Å². The van der Waals surface area contributed by atoms with Gasteiger partial charge in [0.25, 0.3) is 5.91 Å². The summed E-state index contributed by atoms with van der Waals surface area (Å²) in [6.45, 7) is 6.19. The second-order valence-corrected chi connectivity index (χ2v) is 17.6. The van der Waals surface area contributed by atoms with Gasteiger partial charge in [0.05, 0.1) is 18.8 Å². The molecule has 72 heavy (non-hydrogen) atoms. The zero-order valence-corrected chi connectivity index (χ0v) is 40.6. The Labute approximate surface area is 416 Å². The first kappa shape index (κ1) is 51.9. The molecule has 0 aliphatic carbocycles. The number of rotatable bonds is 22. The van der Waals surface area contributed by atoms with Gasteiger partial charge in [0, 0.05) is 86.8 Å². The van der Waals surface area contributed by atoms with Gasteiger partial charge in [-0.05, 0) is 85.6 Å². The Balaban J connectivity index is 0.850. The number of piperazine rings is 1. The molecule has 5 aromatic rings. The van der Waals surface area contributed by atoms with Gasteiger partial charge in [-0.25, -0.2) is 14.4 Å². The molecule has 7 rings (SSSR count). The SMILES string of the molecule is CCCC(=O)NCCNCC(=O)N[C@@H](CCCNC(N)=O)C(=O)Nc1ccc(COC(=O)NCCOc2ccc3[nH]c(C(=O)N4CCc5c4cc(OC(=O)N4CCN(C)CC4)c4ccccc54)cc3c2)cc1. The number of alkyl carbamates (subject to hydrolysis) is 1. The molecule has 8 amide bonds. The average Bonchev–Trinajstić information content (AvgIpc) is 4.01. The first-order valence-corrected chi connectivity index (χ1v) is 24.2. The van der Waals surface area contributed by atoms with Crippen LogP contribution < -0.4 is 52.0 Å². The first-order valence-electron chi connectivity index (χ1n) is 24.2. The molecule has 1 aromatic heterocycles.